The van der Waals surface area contributed by atoms with Gasteiger partial charge in [0.1, 0.15) is 0 Å². The molecule has 1 atom stereocenters. The van der Waals surface area contributed by atoms with Crippen LogP contribution in [0.1, 0.15) is 46.8 Å². The second-order valence-corrected chi connectivity index (χ2v) is 8.31. The van der Waals surface area contributed by atoms with Gasteiger partial charge in [-0.05, 0) is 48.6 Å². The number of amides is 3. The molecular formula is C25H30N4O4. The van der Waals surface area contributed by atoms with Crippen molar-refractivity contribution in [3.63, 3.8) is 0 Å². The van der Waals surface area contributed by atoms with Crippen LogP contribution in [0.5, 0.6) is 0 Å². The Balaban J connectivity index is 1.66. The summed E-state index contributed by atoms with van der Waals surface area (Å²) in [5, 5.41) is 14.9. The molecule has 0 bridgehead atoms. The molecule has 4 N–H and O–H groups in total. The summed E-state index contributed by atoms with van der Waals surface area (Å²) in [5.41, 5.74) is 3.08. The highest BCUT2D eigenvalue weighted by molar-refractivity contribution is 6.12. The lowest BCUT2D eigenvalue weighted by molar-refractivity contribution is -0.148. The lowest BCUT2D eigenvalue weighted by Gasteiger charge is -2.34. The van der Waals surface area contributed by atoms with Crippen molar-refractivity contribution in [1.82, 2.24) is 21.0 Å². The normalized spacial score (nSPS) is 15.0. The number of benzene rings is 2. The highest BCUT2D eigenvalue weighted by Gasteiger charge is 2.47. The molecule has 3 rings (SSSR count). The molecule has 8 nitrogen and oxygen atoms in total. The van der Waals surface area contributed by atoms with Gasteiger partial charge >= 0.3 is 0 Å². The van der Waals surface area contributed by atoms with Crippen LogP contribution in [0, 0.1) is 0 Å². The van der Waals surface area contributed by atoms with E-state index in [1.165, 1.54) is 44.9 Å². The topological polar surface area (TPSA) is 111 Å². The van der Waals surface area contributed by atoms with Crippen LogP contribution in [-0.4, -0.2) is 53.5 Å². The maximum absolute atomic E-state index is 12.9. The van der Waals surface area contributed by atoms with Crippen molar-refractivity contribution < 1.29 is 19.6 Å². The summed E-state index contributed by atoms with van der Waals surface area (Å²) in [6, 6.07) is 15.9. The number of hydrogen-bond acceptors (Lipinski definition) is 5. The van der Waals surface area contributed by atoms with Gasteiger partial charge < -0.3 is 15.5 Å². The van der Waals surface area contributed by atoms with E-state index in [-0.39, 0.29) is 0 Å². The second kappa shape index (κ2) is 10.4. The zero-order chi connectivity index (χ0) is 24.0. The van der Waals surface area contributed by atoms with Crippen LogP contribution >= 0.6 is 0 Å². The summed E-state index contributed by atoms with van der Waals surface area (Å²) in [4.78, 5) is 38.3. The van der Waals surface area contributed by atoms with Crippen LogP contribution in [-0.2, 0) is 16.1 Å². The standard InChI is InChI=1S/C25H30N4O4/c1-25(23(31)26-2,24(32)28-33)29(3)22(30)20-12-10-18(11-13-20)5-4-17-6-8-19(9-7-17)16-27-21-14-15-21/h4-13,21,27,33H,14-16H2,1-3H3,(H,26,31)(H,28,32)/b5-4+/t25-/m0/s1. The van der Waals surface area contributed by atoms with E-state index in [9.17, 15) is 14.4 Å². The van der Waals surface area contributed by atoms with Crippen molar-refractivity contribution in [3.8, 4) is 0 Å². The van der Waals surface area contributed by atoms with Crippen LogP contribution in [0.25, 0.3) is 12.2 Å². The molecule has 1 fully saturated rings. The van der Waals surface area contributed by atoms with Gasteiger partial charge in [0, 0.05) is 32.2 Å². The van der Waals surface area contributed by atoms with Crippen LogP contribution in [0.2, 0.25) is 0 Å². The Morgan fingerprint density at radius 1 is 1.00 bits per heavy atom. The number of rotatable bonds is 9. The van der Waals surface area contributed by atoms with Gasteiger partial charge in [0.25, 0.3) is 17.7 Å². The van der Waals surface area contributed by atoms with Crippen molar-refractivity contribution in [2.24, 2.45) is 0 Å². The highest BCUT2D eigenvalue weighted by atomic mass is 16.5. The van der Waals surface area contributed by atoms with E-state index in [0.29, 0.717) is 11.6 Å². The molecule has 0 aliphatic heterocycles. The minimum atomic E-state index is -1.92. The number of carbonyl (C=O) groups excluding carboxylic acids is 3. The zero-order valence-corrected chi connectivity index (χ0v) is 19.1. The van der Waals surface area contributed by atoms with Crippen molar-refractivity contribution in [3.05, 3.63) is 70.8 Å². The lowest BCUT2D eigenvalue weighted by Crippen LogP contribution is -2.64. The maximum atomic E-state index is 12.9. The van der Waals surface area contributed by atoms with Crippen LogP contribution in [0.3, 0.4) is 0 Å². The number of hydroxylamine groups is 1. The molecule has 33 heavy (non-hydrogen) atoms. The molecule has 1 saturated carbocycles. The molecule has 0 aromatic heterocycles. The molecule has 2 aromatic rings. The Hall–Kier alpha value is -3.49. The molecule has 8 heteroatoms. The van der Waals surface area contributed by atoms with Crippen molar-refractivity contribution in [2.45, 2.75) is 37.9 Å². The first-order valence-corrected chi connectivity index (χ1v) is 10.8. The van der Waals surface area contributed by atoms with Gasteiger partial charge in [0.05, 0.1) is 0 Å². The number of nitrogens with one attached hydrogen (secondary N) is 3. The molecule has 0 unspecified atom stereocenters. The third-order valence-corrected chi connectivity index (χ3v) is 5.97. The van der Waals surface area contributed by atoms with E-state index in [2.05, 4.69) is 34.9 Å². The second-order valence-electron chi connectivity index (χ2n) is 8.31. The van der Waals surface area contributed by atoms with E-state index in [1.807, 2.05) is 12.2 Å². The predicted octanol–water partition coefficient (Wildman–Crippen LogP) is 2.19. The predicted molar refractivity (Wildman–Crippen MR) is 126 cm³/mol. The fourth-order valence-electron chi connectivity index (χ4n) is 3.38. The summed E-state index contributed by atoms with van der Waals surface area (Å²) in [6.07, 6.45) is 6.48. The SMILES string of the molecule is CNC(=O)[C@@](C)(C(=O)NO)N(C)C(=O)c1ccc(/C=C/c2ccc(CNC3CC3)cc2)cc1. The lowest BCUT2D eigenvalue weighted by atomic mass is 9.96. The largest absolute Gasteiger partial charge is 0.357 e. The van der Waals surface area contributed by atoms with Crippen molar-refractivity contribution >= 4 is 29.9 Å². The summed E-state index contributed by atoms with van der Waals surface area (Å²) in [5.74, 6) is -2.26. The fourth-order valence-corrected chi connectivity index (χ4v) is 3.38. The van der Waals surface area contributed by atoms with Crippen LogP contribution in [0.15, 0.2) is 48.5 Å². The summed E-state index contributed by atoms with van der Waals surface area (Å²) >= 11 is 0. The number of carbonyl (C=O) groups is 3. The average Bonchev–Trinajstić information content (AvgIpc) is 3.69. The Bertz CT molecular complexity index is 1010. The van der Waals surface area contributed by atoms with Gasteiger partial charge in [-0.15, -0.1) is 0 Å². The van der Waals surface area contributed by atoms with Gasteiger partial charge in [-0.3, -0.25) is 19.6 Å². The molecule has 0 saturated heterocycles. The minimum absolute atomic E-state index is 0.308. The summed E-state index contributed by atoms with van der Waals surface area (Å²) in [6.45, 7) is 2.15. The molecule has 1 aliphatic rings. The molecule has 2 aromatic carbocycles. The molecule has 1 aliphatic carbocycles. The number of hydrogen-bond donors (Lipinski definition) is 4. The van der Waals surface area contributed by atoms with Gasteiger partial charge in [-0.1, -0.05) is 48.6 Å². The smallest absolute Gasteiger partial charge is 0.278 e. The van der Waals surface area contributed by atoms with Gasteiger partial charge in [-0.2, -0.15) is 0 Å². The van der Waals surface area contributed by atoms with E-state index in [0.717, 1.165) is 22.6 Å². The van der Waals surface area contributed by atoms with Crippen molar-refractivity contribution in [2.75, 3.05) is 14.1 Å². The Morgan fingerprint density at radius 2 is 1.55 bits per heavy atom. The molecular weight excluding hydrogens is 420 g/mol. The van der Waals surface area contributed by atoms with E-state index >= 15 is 0 Å². The Kier molecular flexibility index (Phi) is 7.63. The number of nitrogens with zero attached hydrogens (tertiary/aromatic N) is 1. The molecule has 0 spiro atoms. The third kappa shape index (κ3) is 5.66. The monoisotopic (exact) mass is 450 g/mol. The van der Waals surface area contributed by atoms with E-state index < -0.39 is 23.3 Å². The maximum Gasteiger partial charge on any atom is 0.278 e. The van der Waals surface area contributed by atoms with Gasteiger partial charge in [0.15, 0.2) is 5.54 Å². The summed E-state index contributed by atoms with van der Waals surface area (Å²) < 4.78 is 0. The van der Waals surface area contributed by atoms with Crippen LogP contribution in [0.4, 0.5) is 0 Å². The molecule has 174 valence electrons. The quantitative estimate of drug-likeness (QED) is 0.203. The van der Waals surface area contributed by atoms with Crippen molar-refractivity contribution in [1.29, 1.82) is 0 Å². The summed E-state index contributed by atoms with van der Waals surface area (Å²) in [7, 11) is 2.69. The Labute approximate surface area is 193 Å². The first kappa shape index (κ1) is 24.2. The Morgan fingerprint density at radius 3 is 2.03 bits per heavy atom. The molecule has 0 radical (unpaired) electrons. The third-order valence-electron chi connectivity index (χ3n) is 5.97. The van der Waals surface area contributed by atoms with E-state index in [4.69, 9.17) is 5.21 Å². The fraction of sp³-hybridized carbons (Fsp3) is 0.320. The van der Waals surface area contributed by atoms with Gasteiger partial charge in [0.2, 0.25) is 0 Å². The first-order chi connectivity index (χ1) is 15.8. The first-order valence-electron chi connectivity index (χ1n) is 10.8. The van der Waals surface area contributed by atoms with E-state index in [1.54, 1.807) is 24.3 Å². The van der Waals surface area contributed by atoms with Crippen LogP contribution < -0.4 is 16.1 Å². The number of likely N-dealkylation sites (N-methyl/N-ethyl adjacent to an activating group) is 2. The zero-order valence-electron chi connectivity index (χ0n) is 19.1. The average molecular weight is 451 g/mol. The highest BCUT2D eigenvalue weighted by Crippen LogP contribution is 2.20. The van der Waals surface area contributed by atoms with Gasteiger partial charge in [-0.25, -0.2) is 5.48 Å². The molecule has 3 amide bonds. The molecule has 0 heterocycles. The minimum Gasteiger partial charge on any atom is -0.357 e.